The molecule has 1 heterocycles. The lowest BCUT2D eigenvalue weighted by atomic mass is 10.2. The van der Waals surface area contributed by atoms with Crippen molar-refractivity contribution in [2.24, 2.45) is 0 Å². The second kappa shape index (κ2) is 6.17. The zero-order valence-corrected chi connectivity index (χ0v) is 12.8. The van der Waals surface area contributed by atoms with Crippen molar-refractivity contribution in [2.75, 3.05) is 11.9 Å². The van der Waals surface area contributed by atoms with Gasteiger partial charge in [0.1, 0.15) is 17.4 Å². The number of phenols is 1. The quantitative estimate of drug-likeness (QED) is 0.890. The predicted molar refractivity (Wildman–Crippen MR) is 80.3 cm³/mol. The Morgan fingerprint density at radius 2 is 2.00 bits per heavy atom. The Hall–Kier alpha value is -1.69. The van der Waals surface area contributed by atoms with Gasteiger partial charge in [0, 0.05) is 18.2 Å². The number of halogens is 2. The Morgan fingerprint density at radius 1 is 1.25 bits per heavy atom. The number of phenolic OH excluding ortho intramolecular Hbond substituents is 1. The molecule has 0 aliphatic heterocycles. The summed E-state index contributed by atoms with van der Waals surface area (Å²) in [6.45, 7) is 4.66. The van der Waals surface area contributed by atoms with Gasteiger partial charge in [-0.05, 0) is 41.4 Å². The first kappa shape index (κ1) is 14.7. The first-order chi connectivity index (χ1) is 9.55. The van der Waals surface area contributed by atoms with Gasteiger partial charge >= 0.3 is 0 Å². The molecule has 4 nitrogen and oxygen atoms in total. The monoisotopic (exact) mass is 339 g/mol. The zero-order valence-electron chi connectivity index (χ0n) is 11.2. The lowest BCUT2D eigenvalue weighted by Gasteiger charge is -2.11. The Balaban J connectivity index is 2.58. The standard InChI is InChI=1S/C14H15BrFN3O/c1-3-11-12(15)14(17-4-2)19-13(18-11)8-5-9(16)7-10(20)6-8/h5-7,20H,3-4H2,1-2H3,(H,17,18,19). The maximum atomic E-state index is 13.4. The van der Waals surface area contributed by atoms with Gasteiger partial charge in [-0.2, -0.15) is 0 Å². The van der Waals surface area contributed by atoms with E-state index in [1.54, 1.807) is 0 Å². The van der Waals surface area contributed by atoms with Crippen LogP contribution in [0.5, 0.6) is 5.75 Å². The molecule has 2 aromatic rings. The molecule has 0 saturated heterocycles. The number of anilines is 1. The van der Waals surface area contributed by atoms with Crippen LogP contribution < -0.4 is 5.32 Å². The van der Waals surface area contributed by atoms with Crippen LogP contribution in [0.4, 0.5) is 10.2 Å². The number of rotatable bonds is 4. The minimum Gasteiger partial charge on any atom is -0.508 e. The maximum absolute atomic E-state index is 13.4. The van der Waals surface area contributed by atoms with Gasteiger partial charge < -0.3 is 10.4 Å². The summed E-state index contributed by atoms with van der Waals surface area (Å²) in [5, 5.41) is 12.6. The van der Waals surface area contributed by atoms with E-state index in [9.17, 15) is 9.50 Å². The first-order valence-electron chi connectivity index (χ1n) is 6.35. The molecule has 0 atom stereocenters. The normalized spacial score (nSPS) is 10.6. The third kappa shape index (κ3) is 3.07. The molecule has 0 aliphatic carbocycles. The number of hydrogen-bond donors (Lipinski definition) is 2. The molecule has 0 spiro atoms. The van der Waals surface area contributed by atoms with Crippen LogP contribution in [0.15, 0.2) is 22.7 Å². The summed E-state index contributed by atoms with van der Waals surface area (Å²) >= 11 is 3.47. The van der Waals surface area contributed by atoms with E-state index in [4.69, 9.17) is 0 Å². The summed E-state index contributed by atoms with van der Waals surface area (Å²) in [5.41, 5.74) is 1.28. The van der Waals surface area contributed by atoms with Crippen LogP contribution in [0, 0.1) is 5.82 Å². The molecular formula is C14H15BrFN3O. The molecule has 1 aromatic carbocycles. The van der Waals surface area contributed by atoms with Crippen molar-refractivity contribution >= 4 is 21.7 Å². The number of aryl methyl sites for hydroxylation is 1. The minimum absolute atomic E-state index is 0.144. The fraction of sp³-hybridized carbons (Fsp3) is 0.286. The molecule has 0 bridgehead atoms. The van der Waals surface area contributed by atoms with Crippen molar-refractivity contribution < 1.29 is 9.50 Å². The molecule has 20 heavy (non-hydrogen) atoms. The van der Waals surface area contributed by atoms with Gasteiger partial charge in [0.05, 0.1) is 10.2 Å². The molecule has 6 heteroatoms. The lowest BCUT2D eigenvalue weighted by molar-refractivity contribution is 0.469. The zero-order chi connectivity index (χ0) is 14.7. The van der Waals surface area contributed by atoms with E-state index in [1.807, 2.05) is 13.8 Å². The van der Waals surface area contributed by atoms with Crippen LogP contribution in [0.2, 0.25) is 0 Å². The summed E-state index contributed by atoms with van der Waals surface area (Å²) < 4.78 is 14.2. The third-order valence-corrected chi connectivity index (χ3v) is 3.57. The predicted octanol–water partition coefficient (Wildman–Crippen LogP) is 3.75. The molecular weight excluding hydrogens is 325 g/mol. The van der Waals surface area contributed by atoms with E-state index < -0.39 is 5.82 Å². The van der Waals surface area contributed by atoms with Crippen molar-refractivity contribution in [1.82, 2.24) is 9.97 Å². The topological polar surface area (TPSA) is 58.0 Å². The number of aromatic nitrogens is 2. The Bertz CT molecular complexity index is 614. The van der Waals surface area contributed by atoms with Gasteiger partial charge in [0.25, 0.3) is 0 Å². The smallest absolute Gasteiger partial charge is 0.162 e. The Labute approximate surface area is 125 Å². The maximum Gasteiger partial charge on any atom is 0.162 e. The summed E-state index contributed by atoms with van der Waals surface area (Å²) in [4.78, 5) is 8.79. The summed E-state index contributed by atoms with van der Waals surface area (Å²) in [6.07, 6.45) is 0.718. The van der Waals surface area contributed by atoms with Crippen molar-refractivity contribution in [3.8, 4) is 17.1 Å². The van der Waals surface area contributed by atoms with Gasteiger partial charge in [0.2, 0.25) is 0 Å². The van der Waals surface area contributed by atoms with Crippen molar-refractivity contribution in [3.63, 3.8) is 0 Å². The summed E-state index contributed by atoms with van der Waals surface area (Å²) in [7, 11) is 0. The van der Waals surface area contributed by atoms with Gasteiger partial charge in [-0.25, -0.2) is 14.4 Å². The van der Waals surface area contributed by atoms with E-state index in [-0.39, 0.29) is 5.75 Å². The third-order valence-electron chi connectivity index (χ3n) is 2.74. The second-order valence-corrected chi connectivity index (χ2v) is 5.03. The van der Waals surface area contributed by atoms with Crippen LogP contribution in [0.1, 0.15) is 19.5 Å². The molecule has 0 fully saturated rings. The molecule has 0 saturated carbocycles. The van der Waals surface area contributed by atoms with E-state index in [1.165, 1.54) is 12.1 Å². The highest BCUT2D eigenvalue weighted by atomic mass is 79.9. The van der Waals surface area contributed by atoms with Crippen molar-refractivity contribution in [1.29, 1.82) is 0 Å². The van der Waals surface area contributed by atoms with E-state index in [0.717, 1.165) is 22.7 Å². The number of nitrogens with zero attached hydrogens (tertiary/aromatic N) is 2. The summed E-state index contributed by atoms with van der Waals surface area (Å²) in [6, 6.07) is 3.80. The van der Waals surface area contributed by atoms with E-state index >= 15 is 0 Å². The SMILES string of the molecule is CCNc1nc(-c2cc(O)cc(F)c2)nc(CC)c1Br. The largest absolute Gasteiger partial charge is 0.508 e. The van der Waals surface area contributed by atoms with Crippen molar-refractivity contribution in [3.05, 3.63) is 34.2 Å². The number of benzene rings is 1. The number of hydrogen-bond acceptors (Lipinski definition) is 4. The van der Waals surface area contributed by atoms with Gasteiger partial charge in [-0.1, -0.05) is 6.92 Å². The number of aromatic hydroxyl groups is 1. The van der Waals surface area contributed by atoms with Crippen LogP contribution in [0.25, 0.3) is 11.4 Å². The van der Waals surface area contributed by atoms with Crippen LogP contribution in [-0.2, 0) is 6.42 Å². The molecule has 2 N–H and O–H groups in total. The lowest BCUT2D eigenvalue weighted by Crippen LogP contribution is -2.06. The highest BCUT2D eigenvalue weighted by molar-refractivity contribution is 9.10. The minimum atomic E-state index is -0.519. The van der Waals surface area contributed by atoms with Crippen molar-refractivity contribution in [2.45, 2.75) is 20.3 Å². The fourth-order valence-corrected chi connectivity index (χ4v) is 2.44. The first-order valence-corrected chi connectivity index (χ1v) is 7.14. The fourth-order valence-electron chi connectivity index (χ4n) is 1.84. The average molecular weight is 340 g/mol. The van der Waals surface area contributed by atoms with Crippen LogP contribution in [0.3, 0.4) is 0 Å². The highest BCUT2D eigenvalue weighted by Gasteiger charge is 2.13. The summed E-state index contributed by atoms with van der Waals surface area (Å²) in [5.74, 6) is 0.387. The molecule has 0 amide bonds. The molecule has 2 rings (SSSR count). The van der Waals surface area contributed by atoms with Gasteiger partial charge in [-0.15, -0.1) is 0 Å². The molecule has 106 valence electrons. The van der Waals surface area contributed by atoms with E-state index in [0.29, 0.717) is 23.8 Å². The van der Waals surface area contributed by atoms with E-state index in [2.05, 4.69) is 31.2 Å². The highest BCUT2D eigenvalue weighted by Crippen LogP contribution is 2.29. The van der Waals surface area contributed by atoms with Gasteiger partial charge in [-0.3, -0.25) is 0 Å². The average Bonchev–Trinajstić information content (AvgIpc) is 2.40. The molecule has 0 radical (unpaired) electrons. The molecule has 1 aromatic heterocycles. The Morgan fingerprint density at radius 3 is 2.60 bits per heavy atom. The molecule has 0 aliphatic rings. The number of nitrogens with one attached hydrogen (secondary N) is 1. The van der Waals surface area contributed by atoms with Crippen LogP contribution in [-0.4, -0.2) is 21.6 Å². The molecule has 0 unspecified atom stereocenters. The van der Waals surface area contributed by atoms with Crippen LogP contribution >= 0.6 is 15.9 Å². The Kier molecular flexibility index (Phi) is 4.54. The second-order valence-electron chi connectivity index (χ2n) is 4.24. The van der Waals surface area contributed by atoms with Gasteiger partial charge in [0.15, 0.2) is 5.82 Å².